The van der Waals surface area contributed by atoms with Crippen LogP contribution >= 0.6 is 11.6 Å². The summed E-state index contributed by atoms with van der Waals surface area (Å²) in [5, 5.41) is 4.92. The minimum atomic E-state index is 0.715. The highest BCUT2D eigenvalue weighted by atomic mass is 35.5. The molecule has 0 radical (unpaired) electrons. The van der Waals surface area contributed by atoms with Crippen LogP contribution in [-0.2, 0) is 6.54 Å². The predicted octanol–water partition coefficient (Wildman–Crippen LogP) is 4.47. The summed E-state index contributed by atoms with van der Waals surface area (Å²) < 4.78 is 5.83. The van der Waals surface area contributed by atoms with Crippen molar-refractivity contribution in [1.29, 1.82) is 0 Å². The first-order valence-corrected chi connectivity index (χ1v) is 6.58. The van der Waals surface area contributed by atoms with Crippen LogP contribution in [0.2, 0.25) is 5.02 Å². The smallest absolute Gasteiger partial charge is 0.136 e. The van der Waals surface area contributed by atoms with E-state index < -0.39 is 0 Å². The van der Waals surface area contributed by atoms with E-state index in [1.807, 2.05) is 49.5 Å². The van der Waals surface area contributed by atoms with Crippen LogP contribution in [0.3, 0.4) is 0 Å². The Balaban J connectivity index is 2.05. The summed E-state index contributed by atoms with van der Waals surface area (Å²) in [5.41, 5.74) is 2.97. The molecule has 0 aliphatic rings. The molecule has 3 heteroatoms. The summed E-state index contributed by atoms with van der Waals surface area (Å²) in [6.07, 6.45) is 0. The second-order valence-electron chi connectivity index (χ2n) is 4.49. The third kappa shape index (κ3) is 2.37. The maximum atomic E-state index is 6.34. The fourth-order valence-electron chi connectivity index (χ4n) is 2.19. The van der Waals surface area contributed by atoms with Gasteiger partial charge in [-0.15, -0.1) is 0 Å². The average molecular weight is 272 g/mol. The Hall–Kier alpha value is -1.77. The number of nitrogens with one attached hydrogen (secondary N) is 1. The maximum Gasteiger partial charge on any atom is 0.136 e. The number of halogens is 1. The van der Waals surface area contributed by atoms with E-state index in [9.17, 15) is 0 Å². The highest BCUT2D eigenvalue weighted by Gasteiger charge is 2.09. The molecular formula is C16H14ClNO. The van der Waals surface area contributed by atoms with E-state index in [0.29, 0.717) is 5.02 Å². The number of hydrogen-bond acceptors (Lipinski definition) is 2. The molecule has 0 amide bonds. The molecule has 96 valence electrons. The minimum Gasteiger partial charge on any atom is -0.456 e. The normalized spacial score (nSPS) is 11.1. The zero-order chi connectivity index (χ0) is 13.2. The van der Waals surface area contributed by atoms with Crippen molar-refractivity contribution in [3.63, 3.8) is 0 Å². The molecule has 2 aromatic carbocycles. The number of furan rings is 1. The van der Waals surface area contributed by atoms with E-state index in [-0.39, 0.29) is 0 Å². The first-order valence-electron chi connectivity index (χ1n) is 6.20. The number of hydrogen-bond donors (Lipinski definition) is 1. The molecular weight excluding hydrogens is 258 g/mol. The van der Waals surface area contributed by atoms with Crippen LogP contribution in [-0.4, -0.2) is 7.05 Å². The molecule has 3 rings (SSSR count). The van der Waals surface area contributed by atoms with Crippen molar-refractivity contribution in [3.8, 4) is 11.3 Å². The second-order valence-corrected chi connectivity index (χ2v) is 4.90. The van der Waals surface area contributed by atoms with Gasteiger partial charge in [0.15, 0.2) is 0 Å². The summed E-state index contributed by atoms with van der Waals surface area (Å²) in [7, 11) is 1.92. The Bertz CT molecular complexity index is 685. The fraction of sp³-hybridized carbons (Fsp3) is 0.125. The molecule has 0 unspecified atom stereocenters. The summed E-state index contributed by atoms with van der Waals surface area (Å²) >= 11 is 6.34. The van der Waals surface area contributed by atoms with Gasteiger partial charge in [0.1, 0.15) is 11.3 Å². The van der Waals surface area contributed by atoms with Crippen molar-refractivity contribution in [1.82, 2.24) is 5.32 Å². The molecule has 3 aromatic rings. The minimum absolute atomic E-state index is 0.715. The van der Waals surface area contributed by atoms with E-state index in [4.69, 9.17) is 16.0 Å². The Morgan fingerprint density at radius 1 is 1.11 bits per heavy atom. The first kappa shape index (κ1) is 12.3. The molecule has 19 heavy (non-hydrogen) atoms. The van der Waals surface area contributed by atoms with Crippen LogP contribution in [0.4, 0.5) is 0 Å². The van der Waals surface area contributed by atoms with Crippen molar-refractivity contribution in [2.24, 2.45) is 0 Å². The highest BCUT2D eigenvalue weighted by molar-refractivity contribution is 6.33. The number of fused-ring (bicyclic) bond motifs is 1. The van der Waals surface area contributed by atoms with Crippen molar-refractivity contribution >= 4 is 22.6 Å². The van der Waals surface area contributed by atoms with Crippen LogP contribution in [0.15, 0.2) is 52.9 Å². The van der Waals surface area contributed by atoms with Crippen LogP contribution in [0, 0.1) is 0 Å². The quantitative estimate of drug-likeness (QED) is 0.760. The van der Waals surface area contributed by atoms with E-state index in [2.05, 4.69) is 11.4 Å². The van der Waals surface area contributed by atoms with Gasteiger partial charge >= 0.3 is 0 Å². The second kappa shape index (κ2) is 5.08. The van der Waals surface area contributed by atoms with E-state index in [1.165, 1.54) is 0 Å². The molecule has 0 atom stereocenters. The van der Waals surface area contributed by atoms with Crippen molar-refractivity contribution in [2.75, 3.05) is 7.05 Å². The van der Waals surface area contributed by atoms with Gasteiger partial charge in [0, 0.05) is 17.5 Å². The molecule has 1 N–H and O–H groups in total. The third-order valence-corrected chi connectivity index (χ3v) is 3.42. The Morgan fingerprint density at radius 3 is 2.68 bits per heavy atom. The molecule has 0 fully saturated rings. The molecule has 1 aromatic heterocycles. The largest absolute Gasteiger partial charge is 0.456 e. The van der Waals surface area contributed by atoms with Gasteiger partial charge in [-0.1, -0.05) is 35.9 Å². The van der Waals surface area contributed by atoms with Gasteiger partial charge in [0.05, 0.1) is 5.02 Å². The summed E-state index contributed by atoms with van der Waals surface area (Å²) in [6, 6.07) is 16.0. The van der Waals surface area contributed by atoms with Gasteiger partial charge in [-0.3, -0.25) is 0 Å². The Labute approximate surface area is 117 Å². The zero-order valence-corrected chi connectivity index (χ0v) is 11.4. The molecule has 2 nitrogen and oxygen atoms in total. The van der Waals surface area contributed by atoms with E-state index in [0.717, 1.165) is 34.4 Å². The summed E-state index contributed by atoms with van der Waals surface area (Å²) in [6.45, 7) is 0.806. The summed E-state index contributed by atoms with van der Waals surface area (Å²) in [5.74, 6) is 0.808. The standard InChI is InChI=1S/C16H14ClNO/c1-18-10-11-6-7-13(14(17)8-11)16-9-12-4-2-3-5-15(12)19-16/h2-9,18H,10H2,1H3. The zero-order valence-electron chi connectivity index (χ0n) is 10.6. The van der Waals surface area contributed by atoms with E-state index in [1.54, 1.807) is 0 Å². The fourth-order valence-corrected chi connectivity index (χ4v) is 2.48. The molecule has 0 saturated heterocycles. The van der Waals surface area contributed by atoms with Crippen molar-refractivity contribution < 1.29 is 4.42 Å². The lowest BCUT2D eigenvalue weighted by Gasteiger charge is -2.04. The van der Waals surface area contributed by atoms with Crippen LogP contribution in [0.1, 0.15) is 5.56 Å². The van der Waals surface area contributed by atoms with Crippen molar-refractivity contribution in [2.45, 2.75) is 6.54 Å². The van der Waals surface area contributed by atoms with Crippen LogP contribution < -0.4 is 5.32 Å². The lowest BCUT2D eigenvalue weighted by Crippen LogP contribution is -2.04. The average Bonchev–Trinajstić information content (AvgIpc) is 2.82. The third-order valence-electron chi connectivity index (χ3n) is 3.11. The maximum absolute atomic E-state index is 6.34. The van der Waals surface area contributed by atoms with Gasteiger partial charge in [0.25, 0.3) is 0 Å². The predicted molar refractivity (Wildman–Crippen MR) is 79.4 cm³/mol. The molecule has 0 aliphatic heterocycles. The first-order chi connectivity index (χ1) is 9.28. The Kier molecular flexibility index (Phi) is 3.28. The van der Waals surface area contributed by atoms with E-state index >= 15 is 0 Å². The van der Waals surface area contributed by atoms with Gasteiger partial charge in [-0.2, -0.15) is 0 Å². The molecule has 0 saturated carbocycles. The number of para-hydroxylation sites is 1. The van der Waals surface area contributed by atoms with Crippen molar-refractivity contribution in [3.05, 3.63) is 59.1 Å². The summed E-state index contributed by atoms with van der Waals surface area (Å²) in [4.78, 5) is 0. The molecule has 0 spiro atoms. The highest BCUT2D eigenvalue weighted by Crippen LogP contribution is 2.33. The topological polar surface area (TPSA) is 25.2 Å². The van der Waals surface area contributed by atoms with Gasteiger partial charge in [0.2, 0.25) is 0 Å². The van der Waals surface area contributed by atoms with Gasteiger partial charge in [-0.25, -0.2) is 0 Å². The van der Waals surface area contributed by atoms with Crippen LogP contribution in [0.5, 0.6) is 0 Å². The SMILES string of the molecule is CNCc1ccc(-c2cc3ccccc3o2)c(Cl)c1. The van der Waals surface area contributed by atoms with Crippen LogP contribution in [0.25, 0.3) is 22.3 Å². The lowest BCUT2D eigenvalue weighted by atomic mass is 10.1. The van der Waals surface area contributed by atoms with Gasteiger partial charge in [-0.05, 0) is 36.9 Å². The number of rotatable bonds is 3. The Morgan fingerprint density at radius 2 is 1.95 bits per heavy atom. The van der Waals surface area contributed by atoms with Gasteiger partial charge < -0.3 is 9.73 Å². The monoisotopic (exact) mass is 271 g/mol. The molecule has 1 heterocycles. The molecule has 0 aliphatic carbocycles. The lowest BCUT2D eigenvalue weighted by molar-refractivity contribution is 0.631. The number of benzene rings is 2. The molecule has 0 bridgehead atoms.